The number of rotatable bonds is 4. The van der Waals surface area contributed by atoms with E-state index in [1.165, 1.54) is 7.11 Å². The first-order chi connectivity index (χ1) is 7.69. The molecular formula is C11H14N2O3. The largest absolute Gasteiger partial charge is 0.346 e. The van der Waals surface area contributed by atoms with Gasteiger partial charge in [0.05, 0.1) is 18.8 Å². The molecule has 5 nitrogen and oxygen atoms in total. The number of benzene rings is 1. The van der Waals surface area contributed by atoms with Gasteiger partial charge in [0.25, 0.3) is 0 Å². The fraction of sp³-hybridized carbons (Fsp3) is 0.273. The van der Waals surface area contributed by atoms with E-state index in [1.54, 1.807) is 31.2 Å². The summed E-state index contributed by atoms with van der Waals surface area (Å²) in [6.45, 7) is 1.59. The SMILES string of the molecule is CON(C(=O)NC(C)C=O)c1ccccc1. The fourth-order valence-corrected chi connectivity index (χ4v) is 1.16. The van der Waals surface area contributed by atoms with Gasteiger partial charge in [-0.2, -0.15) is 5.06 Å². The van der Waals surface area contributed by atoms with Crippen LogP contribution in [0.2, 0.25) is 0 Å². The van der Waals surface area contributed by atoms with Gasteiger partial charge < -0.3 is 10.1 Å². The van der Waals surface area contributed by atoms with Crippen molar-refractivity contribution in [3.63, 3.8) is 0 Å². The van der Waals surface area contributed by atoms with Gasteiger partial charge in [0.2, 0.25) is 0 Å². The van der Waals surface area contributed by atoms with Crippen LogP contribution in [0.4, 0.5) is 10.5 Å². The number of para-hydroxylation sites is 1. The minimum atomic E-state index is -0.547. The zero-order valence-corrected chi connectivity index (χ0v) is 9.21. The third-order valence-electron chi connectivity index (χ3n) is 1.91. The second-order valence-electron chi connectivity index (χ2n) is 3.19. The number of hydrogen-bond acceptors (Lipinski definition) is 3. The summed E-state index contributed by atoms with van der Waals surface area (Å²) in [7, 11) is 1.39. The van der Waals surface area contributed by atoms with Crippen molar-refractivity contribution < 1.29 is 14.4 Å². The first-order valence-corrected chi connectivity index (χ1v) is 4.84. The zero-order chi connectivity index (χ0) is 12.0. The summed E-state index contributed by atoms with van der Waals surface area (Å²) in [5.74, 6) is 0. The van der Waals surface area contributed by atoms with Gasteiger partial charge in [0, 0.05) is 0 Å². The van der Waals surface area contributed by atoms with Crippen LogP contribution >= 0.6 is 0 Å². The standard InChI is InChI=1S/C11H14N2O3/c1-9(8-14)12-11(15)13(16-2)10-6-4-3-5-7-10/h3-9H,1-2H3,(H,12,15). The Morgan fingerprint density at radius 2 is 2.06 bits per heavy atom. The van der Waals surface area contributed by atoms with E-state index in [0.29, 0.717) is 12.0 Å². The summed E-state index contributed by atoms with van der Waals surface area (Å²) in [6, 6.07) is 7.85. The molecule has 16 heavy (non-hydrogen) atoms. The van der Waals surface area contributed by atoms with Crippen LogP contribution in [0.15, 0.2) is 30.3 Å². The Labute approximate surface area is 94.0 Å². The molecule has 86 valence electrons. The molecule has 0 aliphatic carbocycles. The van der Waals surface area contributed by atoms with E-state index in [4.69, 9.17) is 4.84 Å². The van der Waals surface area contributed by atoms with Crippen LogP contribution in [0.5, 0.6) is 0 Å². The number of carbonyl (C=O) groups is 2. The average Bonchev–Trinajstić information content (AvgIpc) is 2.31. The van der Waals surface area contributed by atoms with E-state index >= 15 is 0 Å². The van der Waals surface area contributed by atoms with Crippen LogP contribution in [0.25, 0.3) is 0 Å². The predicted molar refractivity (Wildman–Crippen MR) is 60.0 cm³/mol. The van der Waals surface area contributed by atoms with Crippen LogP contribution in [-0.4, -0.2) is 25.5 Å². The summed E-state index contributed by atoms with van der Waals surface area (Å²) >= 11 is 0. The first-order valence-electron chi connectivity index (χ1n) is 4.84. The Balaban J connectivity index is 2.75. The maximum Gasteiger partial charge on any atom is 0.346 e. The molecular weight excluding hydrogens is 208 g/mol. The third kappa shape index (κ3) is 3.06. The number of carbonyl (C=O) groups excluding carboxylic acids is 2. The van der Waals surface area contributed by atoms with E-state index in [-0.39, 0.29) is 0 Å². The molecule has 0 aromatic heterocycles. The molecule has 0 aliphatic rings. The molecule has 0 fully saturated rings. The normalized spacial score (nSPS) is 11.6. The topological polar surface area (TPSA) is 58.6 Å². The van der Waals surface area contributed by atoms with Crippen molar-refractivity contribution in [1.82, 2.24) is 5.32 Å². The molecule has 1 atom stereocenters. The second kappa shape index (κ2) is 5.87. The highest BCUT2D eigenvalue weighted by molar-refractivity contribution is 5.91. The number of hydrogen-bond donors (Lipinski definition) is 1. The number of hydroxylamine groups is 1. The molecule has 1 rings (SSSR count). The van der Waals surface area contributed by atoms with E-state index in [2.05, 4.69) is 5.32 Å². The molecule has 0 saturated carbocycles. The molecule has 5 heteroatoms. The molecule has 1 aromatic carbocycles. The lowest BCUT2D eigenvalue weighted by Gasteiger charge is -2.20. The first kappa shape index (κ1) is 12.2. The molecule has 1 aromatic rings. The molecule has 1 unspecified atom stereocenters. The highest BCUT2D eigenvalue weighted by Crippen LogP contribution is 2.12. The average molecular weight is 222 g/mol. The Morgan fingerprint density at radius 3 is 2.56 bits per heavy atom. The van der Waals surface area contributed by atoms with Crippen LogP contribution < -0.4 is 10.4 Å². The van der Waals surface area contributed by atoms with Crippen molar-refractivity contribution >= 4 is 18.0 Å². The number of amides is 2. The van der Waals surface area contributed by atoms with Gasteiger partial charge in [0.1, 0.15) is 6.29 Å². The lowest BCUT2D eigenvalue weighted by molar-refractivity contribution is -0.109. The van der Waals surface area contributed by atoms with Crippen molar-refractivity contribution in [1.29, 1.82) is 0 Å². The van der Waals surface area contributed by atoms with Crippen molar-refractivity contribution in [3.8, 4) is 0 Å². The zero-order valence-electron chi connectivity index (χ0n) is 9.21. The van der Waals surface area contributed by atoms with Gasteiger partial charge in [-0.3, -0.25) is 4.84 Å². The van der Waals surface area contributed by atoms with Gasteiger partial charge in [0.15, 0.2) is 0 Å². The Kier molecular flexibility index (Phi) is 4.47. The van der Waals surface area contributed by atoms with Gasteiger partial charge in [-0.05, 0) is 19.1 Å². The third-order valence-corrected chi connectivity index (χ3v) is 1.91. The Hall–Kier alpha value is -1.88. The Bertz CT molecular complexity index is 354. The molecule has 0 aliphatic heterocycles. The highest BCUT2D eigenvalue weighted by Gasteiger charge is 2.16. The lowest BCUT2D eigenvalue weighted by Crippen LogP contribution is -2.44. The highest BCUT2D eigenvalue weighted by atomic mass is 16.7. The van der Waals surface area contributed by atoms with Crippen LogP contribution in [-0.2, 0) is 9.63 Å². The van der Waals surface area contributed by atoms with Crippen LogP contribution in [0, 0.1) is 0 Å². The summed E-state index contributed by atoms with van der Waals surface area (Å²) in [5, 5.41) is 3.56. The van der Waals surface area contributed by atoms with Gasteiger partial charge in [-0.15, -0.1) is 0 Å². The van der Waals surface area contributed by atoms with Crippen molar-refractivity contribution in [2.45, 2.75) is 13.0 Å². The molecule has 0 saturated heterocycles. The van der Waals surface area contributed by atoms with E-state index in [9.17, 15) is 9.59 Å². The quantitative estimate of drug-likeness (QED) is 0.618. The van der Waals surface area contributed by atoms with Crippen molar-refractivity contribution in [2.75, 3.05) is 12.2 Å². The smallest absolute Gasteiger partial charge is 0.327 e. The molecule has 0 bridgehead atoms. The van der Waals surface area contributed by atoms with E-state index in [0.717, 1.165) is 5.06 Å². The molecule has 0 radical (unpaired) electrons. The Morgan fingerprint density at radius 1 is 1.44 bits per heavy atom. The molecule has 0 heterocycles. The van der Waals surface area contributed by atoms with Crippen molar-refractivity contribution in [3.05, 3.63) is 30.3 Å². The van der Waals surface area contributed by atoms with Gasteiger partial charge in [-0.25, -0.2) is 4.79 Å². The van der Waals surface area contributed by atoms with E-state index < -0.39 is 12.1 Å². The van der Waals surface area contributed by atoms with E-state index in [1.807, 2.05) is 6.07 Å². The van der Waals surface area contributed by atoms with Gasteiger partial charge >= 0.3 is 6.03 Å². The minimum Gasteiger partial charge on any atom is -0.327 e. The maximum atomic E-state index is 11.7. The van der Waals surface area contributed by atoms with Crippen molar-refractivity contribution in [2.24, 2.45) is 0 Å². The lowest BCUT2D eigenvalue weighted by atomic mass is 10.3. The monoisotopic (exact) mass is 222 g/mol. The number of urea groups is 1. The molecule has 2 amide bonds. The fourth-order valence-electron chi connectivity index (χ4n) is 1.16. The molecule has 0 spiro atoms. The molecule has 1 N–H and O–H groups in total. The number of anilines is 1. The van der Waals surface area contributed by atoms with Gasteiger partial charge in [-0.1, -0.05) is 18.2 Å². The summed E-state index contributed by atoms with van der Waals surface area (Å²) in [6.07, 6.45) is 0.650. The second-order valence-corrected chi connectivity index (χ2v) is 3.19. The number of aldehydes is 1. The summed E-state index contributed by atoms with van der Waals surface area (Å²) in [5.41, 5.74) is 0.598. The van der Waals surface area contributed by atoms with Crippen LogP contribution in [0.3, 0.4) is 0 Å². The predicted octanol–water partition coefficient (Wildman–Crippen LogP) is 1.35. The van der Waals surface area contributed by atoms with Crippen LogP contribution in [0.1, 0.15) is 6.92 Å². The maximum absolute atomic E-state index is 11.7. The minimum absolute atomic E-state index is 0.478. The number of nitrogens with one attached hydrogen (secondary N) is 1. The summed E-state index contributed by atoms with van der Waals surface area (Å²) in [4.78, 5) is 27.0. The number of nitrogens with zero attached hydrogens (tertiary/aromatic N) is 1. The summed E-state index contributed by atoms with van der Waals surface area (Å²) < 4.78 is 0.